The van der Waals surface area contributed by atoms with E-state index in [9.17, 15) is 14.4 Å². The van der Waals surface area contributed by atoms with E-state index in [4.69, 9.17) is 14.6 Å². The molecule has 0 bridgehead atoms. The van der Waals surface area contributed by atoms with Gasteiger partial charge in [-0.05, 0) is 6.92 Å². The minimum absolute atomic E-state index is 0.232. The van der Waals surface area contributed by atoms with Crippen LogP contribution in [0.25, 0.3) is 0 Å². The highest BCUT2D eigenvalue weighted by atomic mass is 16.6. The monoisotopic (exact) mass is 270 g/mol. The molecule has 2 rings (SSSR count). The summed E-state index contributed by atoms with van der Waals surface area (Å²) in [6.45, 7) is 1.51. The van der Waals surface area contributed by atoms with Crippen LogP contribution < -0.4 is 11.2 Å². The SMILES string of the molecule is Cc1cn([C@H]2C[C@H](OC=O)[C@@H](CO)O2)c(=O)[nH]c1=O. The average Bonchev–Trinajstić information content (AvgIpc) is 2.77. The van der Waals surface area contributed by atoms with E-state index < -0.39 is 29.7 Å². The summed E-state index contributed by atoms with van der Waals surface area (Å²) < 4.78 is 11.5. The molecule has 0 saturated carbocycles. The number of carbonyl (C=O) groups is 1. The highest BCUT2D eigenvalue weighted by molar-refractivity contribution is 5.37. The van der Waals surface area contributed by atoms with Crippen LogP contribution in [0.3, 0.4) is 0 Å². The van der Waals surface area contributed by atoms with Crippen LogP contribution in [0, 0.1) is 6.92 Å². The third kappa shape index (κ3) is 2.59. The third-order valence-corrected chi connectivity index (χ3v) is 3.05. The Morgan fingerprint density at radius 2 is 2.37 bits per heavy atom. The van der Waals surface area contributed by atoms with E-state index in [-0.39, 0.29) is 19.5 Å². The number of aromatic nitrogens is 2. The van der Waals surface area contributed by atoms with Crippen molar-refractivity contribution in [3.8, 4) is 0 Å². The third-order valence-electron chi connectivity index (χ3n) is 3.05. The molecule has 1 fully saturated rings. The molecule has 8 nitrogen and oxygen atoms in total. The molecular weight excluding hydrogens is 256 g/mol. The first kappa shape index (κ1) is 13.5. The van der Waals surface area contributed by atoms with Crippen molar-refractivity contribution in [1.29, 1.82) is 0 Å². The first-order valence-electron chi connectivity index (χ1n) is 5.74. The summed E-state index contributed by atoms with van der Waals surface area (Å²) in [4.78, 5) is 35.5. The van der Waals surface area contributed by atoms with E-state index in [0.717, 1.165) is 0 Å². The van der Waals surface area contributed by atoms with Crippen LogP contribution >= 0.6 is 0 Å². The molecule has 104 valence electrons. The lowest BCUT2D eigenvalue weighted by atomic mass is 10.2. The number of nitrogens with one attached hydrogen (secondary N) is 1. The second-order valence-corrected chi connectivity index (χ2v) is 4.30. The van der Waals surface area contributed by atoms with Crippen molar-refractivity contribution in [1.82, 2.24) is 9.55 Å². The second-order valence-electron chi connectivity index (χ2n) is 4.30. The Morgan fingerprint density at radius 3 is 3.00 bits per heavy atom. The number of aromatic amines is 1. The molecule has 3 atom stereocenters. The van der Waals surface area contributed by atoms with Crippen LogP contribution in [0.1, 0.15) is 18.2 Å². The number of aliphatic hydroxyl groups is 1. The molecule has 0 aliphatic carbocycles. The zero-order valence-electron chi connectivity index (χ0n) is 10.2. The van der Waals surface area contributed by atoms with Crippen LogP contribution in [0.5, 0.6) is 0 Å². The van der Waals surface area contributed by atoms with Crippen molar-refractivity contribution in [3.63, 3.8) is 0 Å². The Morgan fingerprint density at radius 1 is 1.63 bits per heavy atom. The Hall–Kier alpha value is -1.93. The highest BCUT2D eigenvalue weighted by Crippen LogP contribution is 2.29. The standard InChI is InChI=1S/C11H14N2O6/c1-6-3-13(11(17)12-10(6)16)9-2-7(18-5-15)8(4-14)19-9/h3,5,7-9,14H,2,4H2,1H3,(H,12,16,17)/t7-,8+,9+/m0/s1. The number of nitrogens with zero attached hydrogens (tertiary/aromatic N) is 1. The van der Waals surface area contributed by atoms with Gasteiger partial charge in [-0.15, -0.1) is 0 Å². The van der Waals surface area contributed by atoms with Crippen LogP contribution in [0.2, 0.25) is 0 Å². The number of ether oxygens (including phenoxy) is 2. The van der Waals surface area contributed by atoms with Crippen LogP contribution in [0.4, 0.5) is 0 Å². The molecule has 0 amide bonds. The molecule has 19 heavy (non-hydrogen) atoms. The van der Waals surface area contributed by atoms with E-state index in [1.165, 1.54) is 10.8 Å². The highest BCUT2D eigenvalue weighted by Gasteiger charge is 2.37. The van der Waals surface area contributed by atoms with Gasteiger partial charge in [0.2, 0.25) is 0 Å². The Kier molecular flexibility index (Phi) is 3.82. The van der Waals surface area contributed by atoms with Gasteiger partial charge in [-0.1, -0.05) is 0 Å². The van der Waals surface area contributed by atoms with Crippen LogP contribution in [-0.2, 0) is 14.3 Å². The van der Waals surface area contributed by atoms with Gasteiger partial charge in [-0.25, -0.2) is 4.79 Å². The largest absolute Gasteiger partial charge is 0.462 e. The van der Waals surface area contributed by atoms with Gasteiger partial charge in [-0.2, -0.15) is 0 Å². The number of H-pyrrole nitrogens is 1. The van der Waals surface area contributed by atoms with E-state index in [0.29, 0.717) is 5.56 Å². The van der Waals surface area contributed by atoms with Gasteiger partial charge in [0.1, 0.15) is 18.4 Å². The first-order chi connectivity index (χ1) is 9.06. The van der Waals surface area contributed by atoms with Gasteiger partial charge >= 0.3 is 5.69 Å². The molecule has 0 spiro atoms. The molecule has 1 aromatic heterocycles. The molecule has 0 radical (unpaired) electrons. The van der Waals surface area contributed by atoms with Crippen molar-refractivity contribution < 1.29 is 19.4 Å². The van der Waals surface area contributed by atoms with Gasteiger partial charge in [0, 0.05) is 18.2 Å². The second kappa shape index (κ2) is 5.37. The van der Waals surface area contributed by atoms with E-state index in [2.05, 4.69) is 4.98 Å². The van der Waals surface area contributed by atoms with Crippen molar-refractivity contribution in [2.45, 2.75) is 31.8 Å². The number of aliphatic hydroxyl groups excluding tert-OH is 1. The minimum Gasteiger partial charge on any atom is -0.462 e. The summed E-state index contributed by atoms with van der Waals surface area (Å²) in [6, 6.07) is 0. The zero-order chi connectivity index (χ0) is 14.0. The Balaban J connectivity index is 2.29. The van der Waals surface area contributed by atoms with E-state index >= 15 is 0 Å². The fraction of sp³-hybridized carbons (Fsp3) is 0.545. The normalized spacial score (nSPS) is 26.3. The fourth-order valence-electron chi connectivity index (χ4n) is 2.05. The smallest absolute Gasteiger partial charge is 0.330 e. The molecule has 1 saturated heterocycles. The summed E-state index contributed by atoms with van der Waals surface area (Å²) in [7, 11) is 0. The topological polar surface area (TPSA) is 111 Å². The molecule has 2 N–H and O–H groups in total. The van der Waals surface area contributed by atoms with E-state index in [1.54, 1.807) is 6.92 Å². The summed E-state index contributed by atoms with van der Waals surface area (Å²) in [6.07, 6.45) is -0.384. The molecule has 8 heteroatoms. The summed E-state index contributed by atoms with van der Waals surface area (Å²) in [5.41, 5.74) is -0.703. The van der Waals surface area contributed by atoms with Crippen LogP contribution in [-0.4, -0.2) is 39.9 Å². The lowest BCUT2D eigenvalue weighted by molar-refractivity contribution is -0.137. The zero-order valence-corrected chi connectivity index (χ0v) is 10.2. The molecule has 2 heterocycles. The van der Waals surface area contributed by atoms with Gasteiger partial charge < -0.3 is 14.6 Å². The predicted molar refractivity (Wildman–Crippen MR) is 62.6 cm³/mol. The lowest BCUT2D eigenvalue weighted by Crippen LogP contribution is -2.33. The molecule has 1 aromatic rings. The molecule has 0 aromatic carbocycles. The predicted octanol–water partition coefficient (Wildman–Crippen LogP) is -1.33. The number of aryl methyl sites for hydroxylation is 1. The molecule has 1 aliphatic heterocycles. The maximum atomic E-state index is 11.7. The van der Waals surface area contributed by atoms with Crippen molar-refractivity contribution in [2.24, 2.45) is 0 Å². The molecule has 1 aliphatic rings. The van der Waals surface area contributed by atoms with Crippen molar-refractivity contribution in [2.75, 3.05) is 6.61 Å². The van der Waals surface area contributed by atoms with Gasteiger partial charge in [0.05, 0.1) is 6.61 Å². The lowest BCUT2D eigenvalue weighted by Gasteiger charge is -2.14. The van der Waals surface area contributed by atoms with E-state index in [1.807, 2.05) is 0 Å². The summed E-state index contributed by atoms with van der Waals surface area (Å²) in [5.74, 6) is 0. The van der Waals surface area contributed by atoms with Crippen LogP contribution in [0.15, 0.2) is 15.8 Å². The fourth-order valence-corrected chi connectivity index (χ4v) is 2.05. The Labute approximate surface area is 107 Å². The maximum absolute atomic E-state index is 11.7. The van der Waals surface area contributed by atoms with Gasteiger partial charge in [-0.3, -0.25) is 19.1 Å². The number of carbonyl (C=O) groups excluding carboxylic acids is 1. The molecule has 0 unspecified atom stereocenters. The van der Waals surface area contributed by atoms with Gasteiger partial charge in [0.15, 0.2) is 0 Å². The van der Waals surface area contributed by atoms with Crippen molar-refractivity contribution in [3.05, 3.63) is 32.6 Å². The molecular formula is C11H14N2O6. The van der Waals surface area contributed by atoms with Crippen molar-refractivity contribution >= 4 is 6.47 Å². The first-order valence-corrected chi connectivity index (χ1v) is 5.74. The number of hydrogen-bond acceptors (Lipinski definition) is 6. The summed E-state index contributed by atoms with van der Waals surface area (Å²) >= 11 is 0. The average molecular weight is 270 g/mol. The maximum Gasteiger partial charge on any atom is 0.330 e. The van der Waals surface area contributed by atoms with Gasteiger partial charge in [0.25, 0.3) is 12.0 Å². The number of rotatable bonds is 4. The summed E-state index contributed by atoms with van der Waals surface area (Å²) in [5, 5.41) is 9.13. The quantitative estimate of drug-likeness (QED) is 0.656. The number of hydrogen-bond donors (Lipinski definition) is 2. The minimum atomic E-state index is -0.690. The Bertz CT molecular complexity index is 577.